The van der Waals surface area contributed by atoms with E-state index < -0.39 is 5.97 Å². The number of fused-ring (bicyclic) bond motifs is 1. The summed E-state index contributed by atoms with van der Waals surface area (Å²) in [6, 6.07) is 21.2. The number of aromatic carboxylic acids is 1. The maximum atomic E-state index is 11.2. The predicted molar refractivity (Wildman–Crippen MR) is 140 cm³/mol. The quantitative estimate of drug-likeness (QED) is 0.225. The van der Waals surface area contributed by atoms with Crippen LogP contribution in [0, 0.1) is 0 Å². The first-order chi connectivity index (χ1) is 16.5. The Labute approximate surface area is 203 Å². The predicted octanol–water partition coefficient (Wildman–Crippen LogP) is 6.86. The first-order valence-corrected chi connectivity index (χ1v) is 12.0. The SMILES string of the molecule is CCN(CC)c1ccc(N=Nc2ccc(/C=C/c3sc4cc(C(=O)O)ccc4[n+]3C)cc2)cc1. The second kappa shape index (κ2) is 10.4. The summed E-state index contributed by atoms with van der Waals surface area (Å²) in [4.78, 5) is 13.5. The number of hydrogen-bond donors (Lipinski definition) is 1. The standard InChI is InChI=1S/C27H26N4O2S/c1-4-31(5-2)23-14-12-22(13-15-23)29-28-21-10-6-19(7-11-21)8-17-26-30(3)24-16-9-20(27(32)33)18-25(24)34-26/h6-18H,4-5H2,1-3H3/p+1. The van der Waals surface area contributed by atoms with Gasteiger partial charge in [-0.2, -0.15) is 14.8 Å². The molecule has 1 N–H and O–H groups in total. The molecule has 0 spiro atoms. The molecular weight excluding hydrogens is 444 g/mol. The molecule has 0 aliphatic carbocycles. The second-order valence-electron chi connectivity index (χ2n) is 7.80. The average Bonchev–Trinajstić information content (AvgIpc) is 3.18. The number of carboxylic acid groups (broad SMARTS) is 1. The minimum atomic E-state index is -0.913. The highest BCUT2D eigenvalue weighted by Crippen LogP contribution is 2.25. The van der Waals surface area contributed by atoms with Crippen LogP contribution in [0.5, 0.6) is 0 Å². The minimum absolute atomic E-state index is 0.300. The Bertz CT molecular complexity index is 1350. The Hall–Kier alpha value is -3.84. The van der Waals surface area contributed by atoms with Gasteiger partial charge in [0.2, 0.25) is 5.52 Å². The van der Waals surface area contributed by atoms with Crippen molar-refractivity contribution in [2.24, 2.45) is 17.3 Å². The summed E-state index contributed by atoms with van der Waals surface area (Å²) in [6.45, 7) is 6.25. The van der Waals surface area contributed by atoms with E-state index >= 15 is 0 Å². The largest absolute Gasteiger partial charge is 0.478 e. The molecule has 0 aliphatic rings. The molecule has 0 aliphatic heterocycles. The molecule has 4 rings (SSSR count). The number of rotatable bonds is 8. The molecule has 4 aromatic rings. The van der Waals surface area contributed by atoms with E-state index in [2.05, 4.69) is 45.7 Å². The smallest absolute Gasteiger partial charge is 0.335 e. The van der Waals surface area contributed by atoms with Crippen LogP contribution in [0.2, 0.25) is 0 Å². The van der Waals surface area contributed by atoms with E-state index in [4.69, 9.17) is 0 Å². The molecular formula is C27H27N4O2S+. The van der Waals surface area contributed by atoms with Crippen LogP contribution in [0.4, 0.5) is 17.1 Å². The number of hydrogen-bond acceptors (Lipinski definition) is 5. The Morgan fingerprint density at radius 2 is 1.56 bits per heavy atom. The maximum absolute atomic E-state index is 11.2. The molecule has 6 nitrogen and oxygen atoms in total. The Balaban J connectivity index is 1.45. The molecule has 0 saturated heterocycles. The Kier molecular flexibility index (Phi) is 7.13. The molecule has 34 heavy (non-hydrogen) atoms. The van der Waals surface area contributed by atoms with E-state index in [1.807, 2.05) is 61.7 Å². The van der Waals surface area contributed by atoms with E-state index in [0.29, 0.717) is 5.56 Å². The van der Waals surface area contributed by atoms with Crippen LogP contribution in [0.1, 0.15) is 34.8 Å². The fourth-order valence-corrected chi connectivity index (χ4v) is 4.80. The third kappa shape index (κ3) is 5.21. The molecule has 3 aromatic carbocycles. The van der Waals surface area contributed by atoms with Gasteiger partial charge in [0.05, 0.1) is 16.9 Å². The lowest BCUT2D eigenvalue weighted by atomic mass is 10.2. The fraction of sp³-hybridized carbons (Fsp3) is 0.185. The van der Waals surface area contributed by atoms with Gasteiger partial charge in [0.25, 0.3) is 5.01 Å². The summed E-state index contributed by atoms with van der Waals surface area (Å²) < 4.78 is 3.01. The molecule has 0 amide bonds. The summed E-state index contributed by atoms with van der Waals surface area (Å²) in [5.41, 5.74) is 5.16. The van der Waals surface area contributed by atoms with E-state index in [-0.39, 0.29) is 0 Å². The molecule has 0 fully saturated rings. The summed E-state index contributed by atoms with van der Waals surface area (Å²) >= 11 is 1.57. The van der Waals surface area contributed by atoms with Crippen molar-refractivity contribution in [1.82, 2.24) is 0 Å². The lowest BCUT2D eigenvalue weighted by Crippen LogP contribution is -2.28. The summed E-state index contributed by atoms with van der Waals surface area (Å²) in [7, 11) is 1.98. The van der Waals surface area contributed by atoms with Gasteiger partial charge >= 0.3 is 5.97 Å². The second-order valence-corrected chi connectivity index (χ2v) is 8.86. The molecule has 0 radical (unpaired) electrons. The first-order valence-electron chi connectivity index (χ1n) is 11.2. The van der Waals surface area contributed by atoms with Crippen LogP contribution in [0.3, 0.4) is 0 Å². The van der Waals surface area contributed by atoms with E-state index in [0.717, 1.165) is 45.3 Å². The van der Waals surface area contributed by atoms with Crippen LogP contribution in [-0.2, 0) is 7.05 Å². The van der Waals surface area contributed by atoms with Gasteiger partial charge in [0.15, 0.2) is 0 Å². The zero-order chi connectivity index (χ0) is 24.1. The number of benzene rings is 3. The van der Waals surface area contributed by atoms with Gasteiger partial charge in [-0.25, -0.2) is 4.79 Å². The van der Waals surface area contributed by atoms with Crippen LogP contribution < -0.4 is 9.47 Å². The maximum Gasteiger partial charge on any atom is 0.335 e. The fourth-order valence-electron chi connectivity index (χ4n) is 3.71. The highest BCUT2D eigenvalue weighted by molar-refractivity contribution is 7.18. The number of carboxylic acids is 1. The third-order valence-corrected chi connectivity index (χ3v) is 6.85. The number of aromatic nitrogens is 1. The molecule has 0 bridgehead atoms. The molecule has 0 unspecified atom stereocenters. The van der Waals surface area contributed by atoms with Crippen molar-refractivity contribution in [2.75, 3.05) is 18.0 Å². The zero-order valence-electron chi connectivity index (χ0n) is 19.5. The van der Waals surface area contributed by atoms with E-state index in [9.17, 15) is 9.90 Å². The highest BCUT2D eigenvalue weighted by Gasteiger charge is 2.16. The number of nitrogens with zero attached hydrogens (tertiary/aromatic N) is 4. The summed E-state index contributed by atoms with van der Waals surface area (Å²) in [6.07, 6.45) is 4.08. The van der Waals surface area contributed by atoms with Gasteiger partial charge in [-0.05, 0) is 74.0 Å². The van der Waals surface area contributed by atoms with Crippen molar-refractivity contribution in [2.45, 2.75) is 13.8 Å². The topological polar surface area (TPSA) is 69.1 Å². The third-order valence-electron chi connectivity index (χ3n) is 5.68. The number of azo groups is 1. The van der Waals surface area contributed by atoms with Crippen LogP contribution in [-0.4, -0.2) is 24.2 Å². The lowest BCUT2D eigenvalue weighted by Gasteiger charge is -2.20. The highest BCUT2D eigenvalue weighted by atomic mass is 32.1. The Morgan fingerprint density at radius 1 is 0.941 bits per heavy atom. The lowest BCUT2D eigenvalue weighted by molar-refractivity contribution is -0.642. The van der Waals surface area contributed by atoms with Gasteiger partial charge in [-0.15, -0.1) is 0 Å². The van der Waals surface area contributed by atoms with Crippen LogP contribution >= 0.6 is 11.3 Å². The van der Waals surface area contributed by atoms with Crippen molar-refractivity contribution >= 4 is 56.7 Å². The summed E-state index contributed by atoms with van der Waals surface area (Å²) in [5.74, 6) is -0.913. The monoisotopic (exact) mass is 471 g/mol. The van der Waals surface area contributed by atoms with Gasteiger partial charge in [0.1, 0.15) is 11.7 Å². The number of aryl methyl sites for hydroxylation is 1. The van der Waals surface area contributed by atoms with Crippen molar-refractivity contribution < 1.29 is 14.5 Å². The average molecular weight is 472 g/mol. The minimum Gasteiger partial charge on any atom is -0.478 e. The van der Waals surface area contributed by atoms with Crippen molar-refractivity contribution in [3.8, 4) is 0 Å². The Morgan fingerprint density at radius 3 is 2.15 bits per heavy atom. The van der Waals surface area contributed by atoms with Gasteiger partial charge in [-0.3, -0.25) is 0 Å². The van der Waals surface area contributed by atoms with E-state index in [1.165, 1.54) is 5.69 Å². The normalized spacial score (nSPS) is 11.6. The number of carbonyl (C=O) groups is 1. The zero-order valence-corrected chi connectivity index (χ0v) is 20.3. The van der Waals surface area contributed by atoms with Gasteiger partial charge in [0, 0.05) is 30.9 Å². The summed E-state index contributed by atoms with van der Waals surface area (Å²) in [5, 5.41) is 19.0. The van der Waals surface area contributed by atoms with Crippen LogP contribution in [0.15, 0.2) is 77.0 Å². The first kappa shape index (κ1) is 23.3. The molecule has 1 heterocycles. The molecule has 0 saturated carbocycles. The van der Waals surface area contributed by atoms with Gasteiger partial charge in [-0.1, -0.05) is 23.5 Å². The van der Waals surface area contributed by atoms with E-state index in [1.54, 1.807) is 23.5 Å². The van der Waals surface area contributed by atoms with Crippen molar-refractivity contribution in [3.63, 3.8) is 0 Å². The molecule has 1 aromatic heterocycles. The van der Waals surface area contributed by atoms with Crippen molar-refractivity contribution in [1.29, 1.82) is 0 Å². The molecule has 0 atom stereocenters. The van der Waals surface area contributed by atoms with Crippen molar-refractivity contribution in [3.05, 3.63) is 82.9 Å². The number of thiazole rings is 1. The number of anilines is 1. The van der Waals surface area contributed by atoms with Gasteiger partial charge < -0.3 is 10.0 Å². The van der Waals surface area contributed by atoms with Crippen LogP contribution in [0.25, 0.3) is 22.4 Å². The molecule has 172 valence electrons. The molecule has 7 heteroatoms.